The van der Waals surface area contributed by atoms with Gasteiger partial charge in [0, 0.05) is 64.5 Å². The van der Waals surface area contributed by atoms with Gasteiger partial charge in [0.2, 0.25) is 17.8 Å². The quantitative estimate of drug-likeness (QED) is 0.113. The second-order valence-corrected chi connectivity index (χ2v) is 17.1. The van der Waals surface area contributed by atoms with Crippen LogP contribution in [0, 0.1) is 0 Å². The number of halogens is 2. The summed E-state index contributed by atoms with van der Waals surface area (Å²) in [5.41, 5.74) is 2.43. The number of carbonyl (C=O) groups is 6. The first kappa shape index (κ1) is 47.0. The van der Waals surface area contributed by atoms with E-state index in [0.29, 0.717) is 60.9 Å². The van der Waals surface area contributed by atoms with Gasteiger partial charge in [-0.3, -0.25) is 39.0 Å². The molecule has 1 saturated carbocycles. The second kappa shape index (κ2) is 20.1. The van der Waals surface area contributed by atoms with E-state index in [-0.39, 0.29) is 86.3 Å². The molecule has 0 spiro atoms. The molecule has 8 rings (SSSR count). The lowest BCUT2D eigenvalue weighted by Crippen LogP contribution is -2.54. The fourth-order valence-corrected chi connectivity index (χ4v) is 9.12. The van der Waals surface area contributed by atoms with Crippen LogP contribution >= 0.6 is 0 Å². The number of ether oxygens (including phenoxy) is 3. The molecule has 1 aliphatic carbocycles. The predicted octanol–water partition coefficient (Wildman–Crippen LogP) is 2.62. The summed E-state index contributed by atoms with van der Waals surface area (Å²) in [5.74, 6) is -6.91. The van der Waals surface area contributed by atoms with Gasteiger partial charge in [0.15, 0.2) is 5.82 Å². The molecule has 5 heterocycles. The van der Waals surface area contributed by atoms with Crippen LogP contribution in [0.2, 0.25) is 0 Å². The molecule has 2 saturated heterocycles. The number of piperidine rings is 1. The molecule has 22 heteroatoms. The van der Waals surface area contributed by atoms with Crippen molar-refractivity contribution in [3.8, 4) is 5.75 Å². The number of methoxy groups -OCH3 is 1. The molecular weight excluding hydrogens is 877 g/mol. The number of nitrogens with one attached hydrogen (secondary N) is 4. The Morgan fingerprint density at radius 3 is 2.34 bits per heavy atom. The monoisotopic (exact) mass is 931 g/mol. The van der Waals surface area contributed by atoms with Crippen LogP contribution in [0.25, 0.3) is 0 Å². The first-order chi connectivity index (χ1) is 32.2. The molecule has 6 amide bonds. The number of imide groups is 2. The number of piperazine rings is 1. The molecule has 358 valence electrons. The molecular formula is C45H55F2N11O9. The van der Waals surface area contributed by atoms with E-state index in [9.17, 15) is 28.8 Å². The Bertz CT molecular complexity index is 2410. The van der Waals surface area contributed by atoms with Gasteiger partial charge in [0.1, 0.15) is 17.5 Å². The summed E-state index contributed by atoms with van der Waals surface area (Å²) in [5, 5.41) is 11.5. The Morgan fingerprint density at radius 1 is 0.896 bits per heavy atom. The Morgan fingerprint density at radius 2 is 1.63 bits per heavy atom. The predicted molar refractivity (Wildman–Crippen MR) is 242 cm³/mol. The number of rotatable bonds is 17. The van der Waals surface area contributed by atoms with Gasteiger partial charge in [-0.1, -0.05) is 18.9 Å². The molecule has 1 aromatic heterocycles. The summed E-state index contributed by atoms with van der Waals surface area (Å²) >= 11 is 0. The number of alkyl halides is 2. The number of amides is 6. The van der Waals surface area contributed by atoms with Gasteiger partial charge in [-0.25, -0.2) is 4.98 Å². The zero-order valence-corrected chi connectivity index (χ0v) is 37.7. The van der Waals surface area contributed by atoms with E-state index in [0.717, 1.165) is 35.7 Å². The van der Waals surface area contributed by atoms with Crippen molar-refractivity contribution in [3.63, 3.8) is 0 Å². The molecule has 0 radical (unpaired) electrons. The van der Waals surface area contributed by atoms with Gasteiger partial charge in [0.25, 0.3) is 23.6 Å². The SMILES string of the molecule is COc1cc(C(=O)NCCOCCOCCNc2cccc3c2C(=O)N(C2CCC(=O)NC2=O)C3=O)c(N2CCN(C)CC2)cc1Nc1ncc2c(n1)N(C1CCCC1)CC(F)(F)C(=O)N2C. The molecule has 0 bridgehead atoms. The highest BCUT2D eigenvalue weighted by Crippen LogP contribution is 2.41. The number of nitrogens with zero attached hydrogens (tertiary/aromatic N) is 7. The third-order valence-electron chi connectivity index (χ3n) is 12.7. The number of benzene rings is 2. The second-order valence-electron chi connectivity index (χ2n) is 17.1. The number of carbonyl (C=O) groups excluding carboxylic acids is 6. The van der Waals surface area contributed by atoms with E-state index in [2.05, 4.69) is 36.1 Å². The van der Waals surface area contributed by atoms with Crippen molar-refractivity contribution >= 4 is 70.0 Å². The normalized spacial score (nSPS) is 19.9. The van der Waals surface area contributed by atoms with Crippen molar-refractivity contribution in [1.82, 2.24) is 30.4 Å². The van der Waals surface area contributed by atoms with Crippen molar-refractivity contribution in [2.75, 3.05) is 119 Å². The Kier molecular flexibility index (Phi) is 14.1. The maximum atomic E-state index is 15.2. The van der Waals surface area contributed by atoms with Gasteiger partial charge < -0.3 is 49.8 Å². The Balaban J connectivity index is 0.852. The molecule has 1 atom stereocenters. The number of anilines is 6. The highest BCUT2D eigenvalue weighted by atomic mass is 19.3. The van der Waals surface area contributed by atoms with Crippen LogP contribution in [0.1, 0.15) is 69.6 Å². The van der Waals surface area contributed by atoms with Gasteiger partial charge >= 0.3 is 5.92 Å². The van der Waals surface area contributed by atoms with E-state index < -0.39 is 48.0 Å². The summed E-state index contributed by atoms with van der Waals surface area (Å²) in [6.45, 7) is 3.49. The van der Waals surface area contributed by atoms with Crippen LogP contribution in [-0.4, -0.2) is 167 Å². The first-order valence-corrected chi connectivity index (χ1v) is 22.5. The van der Waals surface area contributed by atoms with Crippen LogP contribution in [-0.2, 0) is 23.9 Å². The van der Waals surface area contributed by atoms with Crippen LogP contribution in [0.3, 0.4) is 0 Å². The molecule has 1 unspecified atom stereocenters. The van der Waals surface area contributed by atoms with E-state index in [4.69, 9.17) is 19.2 Å². The minimum Gasteiger partial charge on any atom is -0.495 e. The third-order valence-corrected chi connectivity index (χ3v) is 12.7. The fraction of sp³-hybridized carbons (Fsp3) is 0.511. The van der Waals surface area contributed by atoms with Crippen molar-refractivity contribution in [1.29, 1.82) is 0 Å². The average Bonchev–Trinajstić information content (AvgIpc) is 3.93. The number of likely N-dealkylation sites (N-methyl/N-ethyl adjacent to an activating group) is 1. The van der Waals surface area contributed by atoms with Crippen molar-refractivity contribution in [3.05, 3.63) is 53.2 Å². The number of aromatic nitrogens is 2. The highest BCUT2D eigenvalue weighted by Gasteiger charge is 2.49. The van der Waals surface area contributed by atoms with E-state index >= 15 is 8.78 Å². The molecule has 3 aromatic rings. The third kappa shape index (κ3) is 9.96. The van der Waals surface area contributed by atoms with Gasteiger partial charge in [-0.05, 0) is 50.6 Å². The highest BCUT2D eigenvalue weighted by molar-refractivity contribution is 6.25. The lowest BCUT2D eigenvalue weighted by atomic mass is 10.0. The van der Waals surface area contributed by atoms with Crippen LogP contribution in [0.4, 0.5) is 43.3 Å². The summed E-state index contributed by atoms with van der Waals surface area (Å²) in [7, 11) is 4.81. The number of hydrogen-bond acceptors (Lipinski definition) is 16. The Labute approximate surface area is 385 Å². The van der Waals surface area contributed by atoms with Crippen molar-refractivity contribution in [2.45, 2.75) is 56.5 Å². The maximum Gasteiger partial charge on any atom is 0.342 e. The zero-order valence-electron chi connectivity index (χ0n) is 37.7. The number of fused-ring (bicyclic) bond motifs is 2. The van der Waals surface area contributed by atoms with E-state index in [1.54, 1.807) is 29.2 Å². The van der Waals surface area contributed by atoms with Crippen molar-refractivity contribution in [2.24, 2.45) is 0 Å². The molecule has 4 N–H and O–H groups in total. The van der Waals surface area contributed by atoms with Crippen LogP contribution in [0.5, 0.6) is 5.75 Å². The molecule has 67 heavy (non-hydrogen) atoms. The lowest BCUT2D eigenvalue weighted by molar-refractivity contribution is -0.140. The fourth-order valence-electron chi connectivity index (χ4n) is 9.12. The van der Waals surface area contributed by atoms with Crippen LogP contribution in [0.15, 0.2) is 36.5 Å². The van der Waals surface area contributed by atoms with E-state index in [1.165, 1.54) is 26.4 Å². The zero-order chi connectivity index (χ0) is 47.4. The van der Waals surface area contributed by atoms with Crippen LogP contribution < -0.4 is 40.7 Å². The first-order valence-electron chi connectivity index (χ1n) is 22.5. The van der Waals surface area contributed by atoms with Crippen molar-refractivity contribution < 1.29 is 51.8 Å². The largest absolute Gasteiger partial charge is 0.495 e. The topological polar surface area (TPSA) is 220 Å². The van der Waals surface area contributed by atoms with Gasteiger partial charge in [-0.15, -0.1) is 0 Å². The average molecular weight is 932 g/mol. The smallest absolute Gasteiger partial charge is 0.342 e. The maximum absolute atomic E-state index is 15.2. The molecule has 20 nitrogen and oxygen atoms in total. The summed E-state index contributed by atoms with van der Waals surface area (Å²) in [6, 6.07) is 7.02. The molecule has 4 aliphatic heterocycles. The van der Waals surface area contributed by atoms with E-state index in [1.807, 2.05) is 7.05 Å². The minimum absolute atomic E-state index is 0.0318. The molecule has 2 aromatic carbocycles. The van der Waals surface area contributed by atoms with Gasteiger partial charge in [-0.2, -0.15) is 13.8 Å². The summed E-state index contributed by atoms with van der Waals surface area (Å²) in [4.78, 5) is 94.0. The number of hydrogen-bond donors (Lipinski definition) is 4. The summed E-state index contributed by atoms with van der Waals surface area (Å²) < 4.78 is 47.6. The molecule has 5 aliphatic rings. The molecule has 3 fully saturated rings. The lowest BCUT2D eigenvalue weighted by Gasteiger charge is -2.35. The standard InChI is InChI=1S/C45H55F2N11O9/c1-54-15-17-56(18-16-54)33-24-31(51-44-50-25-34-38(53-44)57(27-7-4-5-8-27)26-45(46,47)43(64)55(34)2)35(65-3)23-29(33)39(60)49-14-20-67-22-21-66-19-13-48-30-10-6-9-28-37(30)42(63)58(41(28)62)32-11-12-36(59)52-40(32)61/h6,9-10,23-25,27,32,48H,4-5,7-8,11-22,26H2,1-3H3,(H,49,60)(H,50,51,53)(H,52,59,61). The van der Waals surface area contributed by atoms with Gasteiger partial charge in [0.05, 0.1) is 74.3 Å². The summed E-state index contributed by atoms with van der Waals surface area (Å²) in [6.07, 6.45) is 4.67. The Hall–Kier alpha value is -6.52. The minimum atomic E-state index is -3.61.